The van der Waals surface area contributed by atoms with Crippen LogP contribution in [0.5, 0.6) is 0 Å². The van der Waals surface area contributed by atoms with Crippen molar-refractivity contribution in [3.63, 3.8) is 0 Å². The topological polar surface area (TPSA) is 23.8 Å². The maximum absolute atomic E-state index is 9.07. The summed E-state index contributed by atoms with van der Waals surface area (Å²) in [4.78, 5) is 0. The number of nitrogens with zero attached hydrogens (tertiary/aromatic N) is 1. The molecule has 0 spiro atoms. The van der Waals surface area contributed by atoms with Crippen LogP contribution in [0.2, 0.25) is 0 Å². The van der Waals surface area contributed by atoms with Crippen molar-refractivity contribution in [3.05, 3.63) is 48.0 Å². The van der Waals surface area contributed by atoms with Crippen LogP contribution in [0.15, 0.2) is 42.5 Å². The van der Waals surface area contributed by atoms with Gasteiger partial charge in [-0.2, -0.15) is 5.26 Å². The Kier molecular flexibility index (Phi) is 2.21. The SMILES string of the molecule is CC(C)(C#N)c1ccc2ccccc2c1. The molecule has 0 atom stereocenters. The number of rotatable bonds is 1. The fourth-order valence-corrected chi connectivity index (χ4v) is 1.64. The highest BCUT2D eigenvalue weighted by Gasteiger charge is 2.19. The van der Waals surface area contributed by atoms with Gasteiger partial charge in [-0.05, 0) is 36.2 Å². The van der Waals surface area contributed by atoms with Gasteiger partial charge in [0, 0.05) is 0 Å². The first-order valence-corrected chi connectivity index (χ1v) is 5.04. The van der Waals surface area contributed by atoms with Crippen molar-refractivity contribution in [1.29, 1.82) is 5.26 Å². The minimum atomic E-state index is -0.413. The van der Waals surface area contributed by atoms with Gasteiger partial charge in [0.15, 0.2) is 0 Å². The molecule has 0 aliphatic heterocycles. The predicted molar refractivity (Wildman–Crippen MR) is 62.6 cm³/mol. The molecule has 0 unspecified atom stereocenters. The van der Waals surface area contributed by atoms with Gasteiger partial charge in [-0.25, -0.2) is 0 Å². The molecule has 1 heteroatoms. The monoisotopic (exact) mass is 195 g/mol. The quantitative estimate of drug-likeness (QED) is 0.681. The Balaban J connectivity index is 2.63. The summed E-state index contributed by atoms with van der Waals surface area (Å²) in [5, 5.41) is 11.5. The molecule has 0 aliphatic carbocycles. The van der Waals surface area contributed by atoms with E-state index in [9.17, 15) is 0 Å². The summed E-state index contributed by atoms with van der Waals surface area (Å²) >= 11 is 0. The van der Waals surface area contributed by atoms with Gasteiger partial charge in [0.2, 0.25) is 0 Å². The van der Waals surface area contributed by atoms with Gasteiger partial charge in [-0.3, -0.25) is 0 Å². The van der Waals surface area contributed by atoms with Gasteiger partial charge >= 0.3 is 0 Å². The van der Waals surface area contributed by atoms with Crippen molar-refractivity contribution < 1.29 is 0 Å². The third kappa shape index (κ3) is 1.71. The number of nitriles is 1. The lowest BCUT2D eigenvalue weighted by atomic mass is 9.85. The van der Waals surface area contributed by atoms with Gasteiger partial charge in [0.05, 0.1) is 11.5 Å². The number of hydrogen-bond donors (Lipinski definition) is 0. The van der Waals surface area contributed by atoms with E-state index in [1.165, 1.54) is 10.8 Å². The van der Waals surface area contributed by atoms with E-state index in [0.717, 1.165) is 5.56 Å². The van der Waals surface area contributed by atoms with Crippen LogP contribution in [0.4, 0.5) is 0 Å². The highest BCUT2D eigenvalue weighted by molar-refractivity contribution is 5.83. The average molecular weight is 195 g/mol. The molecule has 2 aromatic rings. The van der Waals surface area contributed by atoms with Crippen LogP contribution >= 0.6 is 0 Å². The Bertz CT molecular complexity index is 532. The average Bonchev–Trinajstić information content (AvgIpc) is 2.28. The summed E-state index contributed by atoms with van der Waals surface area (Å²) in [5.41, 5.74) is 0.660. The molecule has 2 aromatic carbocycles. The summed E-state index contributed by atoms with van der Waals surface area (Å²) in [6.45, 7) is 3.88. The lowest BCUT2D eigenvalue weighted by Gasteiger charge is -2.16. The third-order valence-corrected chi connectivity index (χ3v) is 2.75. The molecule has 0 heterocycles. The third-order valence-electron chi connectivity index (χ3n) is 2.75. The number of hydrogen-bond acceptors (Lipinski definition) is 1. The van der Waals surface area contributed by atoms with Crippen LogP contribution < -0.4 is 0 Å². The number of fused-ring (bicyclic) bond motifs is 1. The molecule has 0 fully saturated rings. The van der Waals surface area contributed by atoms with Gasteiger partial charge in [0.1, 0.15) is 0 Å². The molecule has 0 saturated carbocycles. The van der Waals surface area contributed by atoms with Crippen LogP contribution in [0.1, 0.15) is 19.4 Å². The molecular formula is C14H13N. The maximum atomic E-state index is 9.07. The van der Waals surface area contributed by atoms with Crippen molar-refractivity contribution in [1.82, 2.24) is 0 Å². The Morgan fingerprint density at radius 3 is 2.33 bits per heavy atom. The smallest absolute Gasteiger partial charge is 0.0766 e. The van der Waals surface area contributed by atoms with E-state index in [-0.39, 0.29) is 0 Å². The molecule has 2 rings (SSSR count). The first kappa shape index (κ1) is 9.73. The molecule has 74 valence electrons. The minimum Gasteiger partial charge on any atom is -0.197 e. The maximum Gasteiger partial charge on any atom is 0.0766 e. The van der Waals surface area contributed by atoms with Gasteiger partial charge in [-0.1, -0.05) is 36.4 Å². The highest BCUT2D eigenvalue weighted by atomic mass is 14.3. The van der Waals surface area contributed by atoms with E-state index in [4.69, 9.17) is 5.26 Å². The second-order valence-electron chi connectivity index (χ2n) is 4.30. The second kappa shape index (κ2) is 3.40. The normalized spacial score (nSPS) is 11.3. The standard InChI is InChI=1S/C14H13N/c1-14(2,10-15)13-8-7-11-5-3-4-6-12(11)9-13/h3-9H,1-2H3. The minimum absolute atomic E-state index is 0.413. The molecule has 0 N–H and O–H groups in total. The summed E-state index contributed by atoms with van der Waals surface area (Å²) < 4.78 is 0. The second-order valence-corrected chi connectivity index (χ2v) is 4.30. The van der Waals surface area contributed by atoms with Crippen LogP contribution in [0, 0.1) is 11.3 Å². The fraction of sp³-hybridized carbons (Fsp3) is 0.214. The van der Waals surface area contributed by atoms with Crippen molar-refractivity contribution in [2.45, 2.75) is 19.3 Å². The molecule has 0 radical (unpaired) electrons. The fourth-order valence-electron chi connectivity index (χ4n) is 1.64. The van der Waals surface area contributed by atoms with Gasteiger partial charge in [-0.15, -0.1) is 0 Å². The molecule has 0 saturated heterocycles. The van der Waals surface area contributed by atoms with Crippen molar-refractivity contribution in [3.8, 4) is 6.07 Å². The molecule has 0 amide bonds. The van der Waals surface area contributed by atoms with Crippen LogP contribution in [-0.4, -0.2) is 0 Å². The molecule has 0 bridgehead atoms. The predicted octanol–water partition coefficient (Wildman–Crippen LogP) is 3.64. The molecule has 15 heavy (non-hydrogen) atoms. The Morgan fingerprint density at radius 1 is 1.00 bits per heavy atom. The van der Waals surface area contributed by atoms with E-state index in [2.05, 4.69) is 30.3 Å². The van der Waals surface area contributed by atoms with E-state index in [0.29, 0.717) is 0 Å². The van der Waals surface area contributed by atoms with Crippen LogP contribution in [0.3, 0.4) is 0 Å². The van der Waals surface area contributed by atoms with Gasteiger partial charge in [0.25, 0.3) is 0 Å². The van der Waals surface area contributed by atoms with Crippen molar-refractivity contribution in [2.75, 3.05) is 0 Å². The summed E-state index contributed by atoms with van der Waals surface area (Å²) in [7, 11) is 0. The van der Waals surface area contributed by atoms with Crippen LogP contribution in [-0.2, 0) is 5.41 Å². The summed E-state index contributed by atoms with van der Waals surface area (Å²) in [5.74, 6) is 0. The lowest BCUT2D eigenvalue weighted by molar-refractivity contribution is 0.688. The zero-order chi connectivity index (χ0) is 10.9. The zero-order valence-corrected chi connectivity index (χ0v) is 8.99. The number of benzene rings is 2. The zero-order valence-electron chi connectivity index (χ0n) is 8.99. The molecule has 0 aliphatic rings. The van der Waals surface area contributed by atoms with Crippen LogP contribution in [0.25, 0.3) is 10.8 Å². The van der Waals surface area contributed by atoms with E-state index >= 15 is 0 Å². The lowest BCUT2D eigenvalue weighted by Crippen LogP contribution is -2.13. The van der Waals surface area contributed by atoms with Gasteiger partial charge < -0.3 is 0 Å². The Labute approximate surface area is 90.0 Å². The van der Waals surface area contributed by atoms with Crippen molar-refractivity contribution in [2.24, 2.45) is 0 Å². The molecular weight excluding hydrogens is 182 g/mol. The van der Waals surface area contributed by atoms with E-state index in [1.807, 2.05) is 32.0 Å². The largest absolute Gasteiger partial charge is 0.197 e. The Morgan fingerprint density at radius 2 is 1.67 bits per heavy atom. The highest BCUT2D eigenvalue weighted by Crippen LogP contribution is 2.25. The molecule has 1 nitrogen and oxygen atoms in total. The first-order chi connectivity index (χ1) is 7.13. The van der Waals surface area contributed by atoms with E-state index < -0.39 is 5.41 Å². The summed E-state index contributed by atoms with van der Waals surface area (Å²) in [6, 6.07) is 16.7. The van der Waals surface area contributed by atoms with Crippen molar-refractivity contribution >= 4 is 10.8 Å². The summed E-state index contributed by atoms with van der Waals surface area (Å²) in [6.07, 6.45) is 0. The molecule has 0 aromatic heterocycles. The Hall–Kier alpha value is -1.81. The van der Waals surface area contributed by atoms with E-state index in [1.54, 1.807) is 0 Å². The first-order valence-electron chi connectivity index (χ1n) is 5.04.